The van der Waals surface area contributed by atoms with Crippen LogP contribution in [0, 0.1) is 17.3 Å². The first-order chi connectivity index (χ1) is 14.7. The highest BCUT2D eigenvalue weighted by atomic mass is 16.1. The van der Waals surface area contributed by atoms with Crippen LogP contribution in [0.5, 0.6) is 0 Å². The SMILES string of the molecule is O=C(CCC1=CC2CCC1C21CC1)C1=CCC(CCc2cccc3ccccc23)=C1. The zero-order valence-corrected chi connectivity index (χ0v) is 17.7. The highest BCUT2D eigenvalue weighted by Crippen LogP contribution is 2.70. The molecule has 2 atom stereocenters. The van der Waals surface area contributed by atoms with Gasteiger partial charge in [-0.2, -0.15) is 0 Å². The summed E-state index contributed by atoms with van der Waals surface area (Å²) in [6.45, 7) is 0. The van der Waals surface area contributed by atoms with Crippen LogP contribution < -0.4 is 0 Å². The third-order valence-corrected chi connectivity index (χ3v) is 8.39. The molecule has 2 aromatic carbocycles. The monoisotopic (exact) mass is 394 g/mol. The van der Waals surface area contributed by atoms with Crippen LogP contribution in [0.3, 0.4) is 0 Å². The van der Waals surface area contributed by atoms with E-state index in [9.17, 15) is 4.79 Å². The van der Waals surface area contributed by atoms with Gasteiger partial charge in [0.25, 0.3) is 0 Å². The van der Waals surface area contributed by atoms with Crippen LogP contribution in [-0.4, -0.2) is 5.78 Å². The molecule has 1 nitrogen and oxygen atoms in total. The molecule has 2 saturated carbocycles. The normalized spacial score (nSPS) is 25.5. The van der Waals surface area contributed by atoms with Crippen LogP contribution >= 0.6 is 0 Å². The van der Waals surface area contributed by atoms with Crippen molar-refractivity contribution in [3.63, 3.8) is 0 Å². The van der Waals surface area contributed by atoms with Gasteiger partial charge in [0.05, 0.1) is 0 Å². The van der Waals surface area contributed by atoms with Gasteiger partial charge in [0.2, 0.25) is 0 Å². The van der Waals surface area contributed by atoms with E-state index in [1.165, 1.54) is 47.6 Å². The van der Waals surface area contributed by atoms with Crippen molar-refractivity contribution in [1.29, 1.82) is 0 Å². The van der Waals surface area contributed by atoms with Gasteiger partial charge in [-0.3, -0.25) is 4.79 Å². The average molecular weight is 395 g/mol. The van der Waals surface area contributed by atoms with Crippen LogP contribution in [0.15, 0.2) is 77.4 Å². The first-order valence-electron chi connectivity index (χ1n) is 11.8. The quantitative estimate of drug-likeness (QED) is 0.457. The molecule has 152 valence electrons. The van der Waals surface area contributed by atoms with E-state index < -0.39 is 0 Å². The maximum absolute atomic E-state index is 12.8. The zero-order chi connectivity index (χ0) is 20.1. The Bertz CT molecular complexity index is 1100. The van der Waals surface area contributed by atoms with Gasteiger partial charge in [-0.05, 0) is 85.0 Å². The third-order valence-electron chi connectivity index (χ3n) is 8.39. The summed E-state index contributed by atoms with van der Waals surface area (Å²) in [5.74, 6) is 2.02. The average Bonchev–Trinajstić information content (AvgIpc) is 3.19. The summed E-state index contributed by atoms with van der Waals surface area (Å²) in [5.41, 5.74) is 6.07. The van der Waals surface area contributed by atoms with E-state index in [2.05, 4.69) is 60.7 Å². The summed E-state index contributed by atoms with van der Waals surface area (Å²) < 4.78 is 0. The molecule has 4 aliphatic rings. The molecule has 0 aliphatic heterocycles. The van der Waals surface area contributed by atoms with Crippen LogP contribution in [0.2, 0.25) is 0 Å². The predicted molar refractivity (Wildman–Crippen MR) is 123 cm³/mol. The number of Topliss-reactive ketones (excluding diaryl/α,β-unsaturated/α-hetero) is 1. The molecule has 2 unspecified atom stereocenters. The van der Waals surface area contributed by atoms with Gasteiger partial charge in [-0.15, -0.1) is 0 Å². The van der Waals surface area contributed by atoms with Gasteiger partial charge in [-0.1, -0.05) is 71.8 Å². The number of fused-ring (bicyclic) bond motifs is 1. The highest BCUT2D eigenvalue weighted by molar-refractivity contribution is 5.99. The maximum Gasteiger partial charge on any atom is 0.162 e. The van der Waals surface area contributed by atoms with Crippen LogP contribution in [0.25, 0.3) is 10.8 Å². The number of allylic oxidation sites excluding steroid dienone is 6. The second-order valence-corrected chi connectivity index (χ2v) is 9.94. The van der Waals surface area contributed by atoms with E-state index in [-0.39, 0.29) is 0 Å². The molecule has 2 fully saturated rings. The summed E-state index contributed by atoms with van der Waals surface area (Å²) in [5, 5.41) is 2.67. The Morgan fingerprint density at radius 2 is 1.83 bits per heavy atom. The number of rotatable bonds is 7. The molecule has 2 bridgehead atoms. The van der Waals surface area contributed by atoms with Gasteiger partial charge >= 0.3 is 0 Å². The van der Waals surface area contributed by atoms with Crippen molar-refractivity contribution in [2.45, 2.75) is 57.8 Å². The van der Waals surface area contributed by atoms with Crippen LogP contribution in [0.1, 0.15) is 56.9 Å². The van der Waals surface area contributed by atoms with Crippen molar-refractivity contribution in [3.05, 3.63) is 83.0 Å². The number of ketones is 1. The van der Waals surface area contributed by atoms with Crippen molar-refractivity contribution in [2.75, 3.05) is 0 Å². The van der Waals surface area contributed by atoms with E-state index in [0.29, 0.717) is 17.6 Å². The molecule has 4 aliphatic carbocycles. The predicted octanol–water partition coefficient (Wildman–Crippen LogP) is 7.12. The fourth-order valence-corrected chi connectivity index (χ4v) is 6.63. The lowest BCUT2D eigenvalue weighted by atomic mass is 9.87. The summed E-state index contributed by atoms with van der Waals surface area (Å²) >= 11 is 0. The Morgan fingerprint density at radius 1 is 0.967 bits per heavy atom. The molecule has 0 saturated heterocycles. The van der Waals surface area contributed by atoms with E-state index in [4.69, 9.17) is 0 Å². The van der Waals surface area contributed by atoms with Crippen LogP contribution in [-0.2, 0) is 11.2 Å². The summed E-state index contributed by atoms with van der Waals surface area (Å²) in [7, 11) is 0. The number of aryl methyl sites for hydroxylation is 1. The first-order valence-corrected chi connectivity index (χ1v) is 11.8. The van der Waals surface area contributed by atoms with Crippen molar-refractivity contribution < 1.29 is 4.79 Å². The molecule has 0 aromatic heterocycles. The Hall–Kier alpha value is -2.41. The van der Waals surface area contributed by atoms with E-state index >= 15 is 0 Å². The number of hydrogen-bond acceptors (Lipinski definition) is 1. The topological polar surface area (TPSA) is 17.1 Å². The standard InChI is InChI=1S/C29H30O/c30-28(15-12-23-19-25-13-14-27(23)29(25)16-17-29)24-11-9-20(18-24)8-10-22-6-3-5-21-4-1-2-7-26(21)22/h1-7,11,18-19,25,27H,8-10,12-17H2. The lowest BCUT2D eigenvalue weighted by Gasteiger charge is -2.17. The molecule has 1 heteroatoms. The van der Waals surface area contributed by atoms with Gasteiger partial charge < -0.3 is 0 Å². The lowest BCUT2D eigenvalue weighted by Crippen LogP contribution is -2.10. The van der Waals surface area contributed by atoms with E-state index in [0.717, 1.165) is 43.1 Å². The lowest BCUT2D eigenvalue weighted by molar-refractivity contribution is -0.115. The van der Waals surface area contributed by atoms with Gasteiger partial charge in [0.15, 0.2) is 5.78 Å². The Labute approximate surface area is 179 Å². The van der Waals surface area contributed by atoms with Gasteiger partial charge in [0.1, 0.15) is 0 Å². The number of hydrogen-bond donors (Lipinski definition) is 0. The van der Waals surface area contributed by atoms with Crippen LogP contribution in [0.4, 0.5) is 0 Å². The van der Waals surface area contributed by atoms with E-state index in [1.807, 2.05) is 0 Å². The molecule has 0 amide bonds. The fourth-order valence-electron chi connectivity index (χ4n) is 6.63. The third kappa shape index (κ3) is 3.02. The molecular formula is C29H30O. The smallest absolute Gasteiger partial charge is 0.162 e. The van der Waals surface area contributed by atoms with Crippen molar-refractivity contribution in [2.24, 2.45) is 17.3 Å². The summed E-state index contributed by atoms with van der Waals surface area (Å²) in [6, 6.07) is 15.2. The number of carbonyl (C=O) groups excluding carboxylic acids is 1. The highest BCUT2D eigenvalue weighted by Gasteiger charge is 2.61. The first kappa shape index (κ1) is 18.4. The largest absolute Gasteiger partial charge is 0.294 e. The number of benzene rings is 2. The molecule has 2 aromatic rings. The minimum Gasteiger partial charge on any atom is -0.294 e. The Kier molecular flexibility index (Phi) is 4.33. The fraction of sp³-hybridized carbons (Fsp3) is 0.414. The second kappa shape index (κ2) is 7.08. The Balaban J connectivity index is 1.06. The molecule has 1 spiro atoms. The molecule has 0 N–H and O–H groups in total. The second-order valence-electron chi connectivity index (χ2n) is 9.94. The van der Waals surface area contributed by atoms with Crippen molar-refractivity contribution in [3.8, 4) is 0 Å². The van der Waals surface area contributed by atoms with Gasteiger partial charge in [0, 0.05) is 12.0 Å². The molecule has 0 heterocycles. The molecule has 30 heavy (non-hydrogen) atoms. The van der Waals surface area contributed by atoms with Crippen molar-refractivity contribution in [1.82, 2.24) is 0 Å². The summed E-state index contributed by atoms with van der Waals surface area (Å²) in [6.07, 6.45) is 17.3. The van der Waals surface area contributed by atoms with E-state index in [1.54, 1.807) is 5.57 Å². The minimum atomic E-state index is 0.351. The molecule has 0 radical (unpaired) electrons. The molecular weight excluding hydrogens is 364 g/mol. The maximum atomic E-state index is 12.8. The van der Waals surface area contributed by atoms with Crippen molar-refractivity contribution >= 4 is 16.6 Å². The molecule has 6 rings (SSSR count). The van der Waals surface area contributed by atoms with Gasteiger partial charge in [-0.25, -0.2) is 0 Å². The number of carbonyl (C=O) groups is 1. The summed E-state index contributed by atoms with van der Waals surface area (Å²) in [4.78, 5) is 12.8. The zero-order valence-electron chi connectivity index (χ0n) is 17.7. The minimum absolute atomic E-state index is 0.351. The Morgan fingerprint density at radius 3 is 2.70 bits per heavy atom.